The summed E-state index contributed by atoms with van der Waals surface area (Å²) in [6.45, 7) is 5.83. The van der Waals surface area contributed by atoms with Crippen LogP contribution in [0.4, 0.5) is 0 Å². The summed E-state index contributed by atoms with van der Waals surface area (Å²) < 4.78 is 28.1. The lowest BCUT2D eigenvalue weighted by atomic mass is 9.80. The molecule has 154 valence electrons. The Balaban J connectivity index is 1.97. The maximum atomic E-state index is 13.3. The number of nitro groups is 1. The molecule has 6 nitrogen and oxygen atoms in total. The summed E-state index contributed by atoms with van der Waals surface area (Å²) in [5.74, 6) is -0.504. The molecule has 2 aromatic carbocycles. The third kappa shape index (κ3) is 4.57. The largest absolute Gasteiger partial charge is 0.265 e. The van der Waals surface area contributed by atoms with E-state index in [1.54, 1.807) is 30.3 Å². The van der Waals surface area contributed by atoms with E-state index in [0.717, 1.165) is 11.1 Å². The van der Waals surface area contributed by atoms with Crippen LogP contribution in [0.3, 0.4) is 0 Å². The predicted molar refractivity (Wildman–Crippen MR) is 113 cm³/mol. The molecule has 1 fully saturated rings. The molecular weight excluding hydrogens is 388 g/mol. The Labute approximate surface area is 172 Å². The highest BCUT2D eigenvalue weighted by atomic mass is 32.2. The van der Waals surface area contributed by atoms with Crippen LogP contribution in [-0.4, -0.2) is 36.8 Å². The topological polar surface area (TPSA) is 80.5 Å². The number of hydrogen-bond donors (Lipinski definition) is 0. The van der Waals surface area contributed by atoms with Gasteiger partial charge in [0.05, 0.1) is 10.8 Å². The average Bonchev–Trinajstić information content (AvgIpc) is 3.11. The van der Waals surface area contributed by atoms with Crippen molar-refractivity contribution in [1.29, 1.82) is 0 Å². The Morgan fingerprint density at radius 3 is 2.45 bits per heavy atom. The van der Waals surface area contributed by atoms with Crippen molar-refractivity contribution < 1.29 is 13.3 Å². The highest BCUT2D eigenvalue weighted by molar-refractivity contribution is 7.89. The third-order valence-corrected chi connectivity index (χ3v) is 7.61. The first kappa shape index (κ1) is 21.2. The first-order chi connectivity index (χ1) is 13.8. The second-order valence-corrected chi connectivity index (χ2v) is 9.40. The number of rotatable bonds is 8. The average molecular weight is 415 g/mol. The molecule has 1 aliphatic rings. The van der Waals surface area contributed by atoms with Crippen molar-refractivity contribution in [2.45, 2.75) is 36.6 Å². The lowest BCUT2D eigenvalue weighted by molar-refractivity contribution is -0.485. The fraction of sp³-hybridized carbons (Fsp3) is 0.364. The van der Waals surface area contributed by atoms with Gasteiger partial charge in [-0.1, -0.05) is 54.1 Å². The second kappa shape index (κ2) is 8.88. The van der Waals surface area contributed by atoms with Gasteiger partial charge in [-0.3, -0.25) is 10.1 Å². The van der Waals surface area contributed by atoms with Gasteiger partial charge in [-0.05, 0) is 43.4 Å². The van der Waals surface area contributed by atoms with Crippen LogP contribution in [0.1, 0.15) is 29.9 Å². The Bertz CT molecular complexity index is 958. The van der Waals surface area contributed by atoms with E-state index in [0.29, 0.717) is 19.4 Å². The molecule has 7 heteroatoms. The van der Waals surface area contributed by atoms with E-state index in [1.165, 1.54) is 4.31 Å². The number of aryl methyl sites for hydroxylation is 1. The van der Waals surface area contributed by atoms with Gasteiger partial charge < -0.3 is 0 Å². The van der Waals surface area contributed by atoms with E-state index >= 15 is 0 Å². The van der Waals surface area contributed by atoms with E-state index < -0.39 is 10.0 Å². The molecule has 1 saturated heterocycles. The highest BCUT2D eigenvalue weighted by Crippen LogP contribution is 2.41. The van der Waals surface area contributed by atoms with Crippen molar-refractivity contribution in [2.75, 3.05) is 13.1 Å². The van der Waals surface area contributed by atoms with Gasteiger partial charge >= 0.3 is 0 Å². The van der Waals surface area contributed by atoms with Gasteiger partial charge in [-0.2, -0.15) is 4.31 Å². The number of sulfonamides is 1. The van der Waals surface area contributed by atoms with E-state index in [4.69, 9.17) is 0 Å². The minimum absolute atomic E-state index is 0.152. The van der Waals surface area contributed by atoms with Gasteiger partial charge in [0.25, 0.3) is 0 Å². The van der Waals surface area contributed by atoms with Gasteiger partial charge in [0, 0.05) is 17.5 Å². The number of benzene rings is 2. The lowest BCUT2D eigenvalue weighted by Gasteiger charge is -2.30. The number of nitrogens with zero attached hydrogens (tertiary/aromatic N) is 2. The zero-order valence-corrected chi connectivity index (χ0v) is 17.3. The molecule has 0 unspecified atom stereocenters. The molecule has 3 atom stereocenters. The predicted octanol–water partition coefficient (Wildman–Crippen LogP) is 4.01. The molecule has 0 amide bonds. The molecule has 1 heterocycles. The Morgan fingerprint density at radius 2 is 1.86 bits per heavy atom. The van der Waals surface area contributed by atoms with Crippen LogP contribution >= 0.6 is 0 Å². The molecule has 2 aromatic rings. The molecule has 0 N–H and O–H groups in total. The lowest BCUT2D eigenvalue weighted by Crippen LogP contribution is -2.39. The molecule has 3 rings (SSSR count). The van der Waals surface area contributed by atoms with Crippen molar-refractivity contribution in [3.05, 3.63) is 88.5 Å². The summed E-state index contributed by atoms with van der Waals surface area (Å²) in [7, 11) is -3.69. The quantitative estimate of drug-likeness (QED) is 0.371. The van der Waals surface area contributed by atoms with Crippen molar-refractivity contribution in [3.8, 4) is 0 Å². The normalized spacial score (nSPS) is 21.0. The molecule has 1 aliphatic heterocycles. The number of hydrogen-bond acceptors (Lipinski definition) is 4. The minimum atomic E-state index is -3.69. The van der Waals surface area contributed by atoms with Gasteiger partial charge in [0.1, 0.15) is 0 Å². The van der Waals surface area contributed by atoms with Crippen molar-refractivity contribution >= 4 is 10.0 Å². The first-order valence-corrected chi connectivity index (χ1v) is 11.1. The Morgan fingerprint density at radius 1 is 1.21 bits per heavy atom. The Kier molecular flexibility index (Phi) is 6.49. The van der Waals surface area contributed by atoms with E-state index in [1.807, 2.05) is 37.3 Å². The van der Waals surface area contributed by atoms with Crippen LogP contribution in [0, 0.1) is 23.0 Å². The van der Waals surface area contributed by atoms with E-state index in [2.05, 4.69) is 6.58 Å². The zero-order valence-electron chi connectivity index (χ0n) is 16.5. The minimum Gasteiger partial charge on any atom is -0.265 e. The van der Waals surface area contributed by atoms with Crippen molar-refractivity contribution in [2.24, 2.45) is 5.92 Å². The monoisotopic (exact) mass is 414 g/mol. The van der Waals surface area contributed by atoms with Gasteiger partial charge in [-0.15, -0.1) is 6.58 Å². The fourth-order valence-corrected chi connectivity index (χ4v) is 5.97. The van der Waals surface area contributed by atoms with Crippen LogP contribution < -0.4 is 0 Å². The summed E-state index contributed by atoms with van der Waals surface area (Å²) in [5, 5.41) is 11.4. The molecule has 0 saturated carbocycles. The van der Waals surface area contributed by atoms with E-state index in [-0.39, 0.29) is 34.2 Å². The van der Waals surface area contributed by atoms with Crippen LogP contribution in [0.5, 0.6) is 0 Å². The molecule has 29 heavy (non-hydrogen) atoms. The molecule has 0 aromatic heterocycles. The first-order valence-electron chi connectivity index (χ1n) is 9.70. The highest BCUT2D eigenvalue weighted by Gasteiger charge is 2.45. The van der Waals surface area contributed by atoms with Gasteiger partial charge in [0.15, 0.2) is 0 Å². The van der Waals surface area contributed by atoms with Gasteiger partial charge in [0.2, 0.25) is 16.6 Å². The third-order valence-electron chi connectivity index (χ3n) is 5.67. The van der Waals surface area contributed by atoms with Crippen LogP contribution in [-0.2, 0) is 10.0 Å². The zero-order chi connectivity index (χ0) is 21.0. The smallest absolute Gasteiger partial charge is 0.243 e. The molecule has 0 aliphatic carbocycles. The molecule has 0 bridgehead atoms. The van der Waals surface area contributed by atoms with Gasteiger partial charge in [-0.25, -0.2) is 8.42 Å². The van der Waals surface area contributed by atoms with Crippen molar-refractivity contribution in [3.63, 3.8) is 0 Å². The molecule has 0 spiro atoms. The fourth-order valence-electron chi connectivity index (χ4n) is 4.27. The van der Waals surface area contributed by atoms with Crippen molar-refractivity contribution in [1.82, 2.24) is 4.31 Å². The van der Waals surface area contributed by atoms with Crippen LogP contribution in [0.25, 0.3) is 0 Å². The summed E-state index contributed by atoms with van der Waals surface area (Å²) in [5.41, 5.74) is 1.86. The summed E-state index contributed by atoms with van der Waals surface area (Å²) in [6.07, 6.45) is 2.74. The Hall–Kier alpha value is -2.51. The summed E-state index contributed by atoms with van der Waals surface area (Å²) >= 11 is 0. The summed E-state index contributed by atoms with van der Waals surface area (Å²) in [4.78, 5) is 11.3. The maximum Gasteiger partial charge on any atom is 0.243 e. The summed E-state index contributed by atoms with van der Waals surface area (Å²) in [6, 6.07) is 15.8. The SMILES string of the molecule is C=CC[C@@H]1[C@@H]([C@H](C[N+](=O)[O-])c2ccccc2)CCN1S(=O)(=O)c1ccc(C)cc1. The molecule has 0 radical (unpaired) electrons. The molecular formula is C22H26N2O4S. The maximum absolute atomic E-state index is 13.3. The second-order valence-electron chi connectivity index (χ2n) is 7.51. The standard InChI is InChI=1S/C22H26N2O4S/c1-3-7-22-20(21(16-24(25)26)18-8-5-4-6-9-18)14-15-23(22)29(27,28)19-12-10-17(2)11-13-19/h3-6,8-13,20-22H,1,7,14-16H2,2H3/t20-,21-,22-/m1/s1. The van der Waals surface area contributed by atoms with E-state index in [9.17, 15) is 18.5 Å². The van der Waals surface area contributed by atoms with Crippen LogP contribution in [0.15, 0.2) is 72.1 Å². The van der Waals surface area contributed by atoms with Crippen LogP contribution in [0.2, 0.25) is 0 Å².